The molecule has 0 aliphatic rings. The molecular weight excluding hydrogens is 280 g/mol. The highest BCUT2D eigenvalue weighted by molar-refractivity contribution is 5.18. The van der Waals surface area contributed by atoms with Crippen LogP contribution in [0.3, 0.4) is 0 Å². The molecular formula is C16H28N4O2. The fourth-order valence-corrected chi connectivity index (χ4v) is 1.97. The van der Waals surface area contributed by atoms with E-state index in [9.17, 15) is 0 Å². The van der Waals surface area contributed by atoms with Crippen LogP contribution in [0.4, 0.5) is 0 Å². The van der Waals surface area contributed by atoms with Crippen LogP contribution in [0.25, 0.3) is 0 Å². The van der Waals surface area contributed by atoms with Gasteiger partial charge in [0.25, 0.3) is 0 Å². The van der Waals surface area contributed by atoms with Gasteiger partial charge in [-0.2, -0.15) is 0 Å². The first kappa shape index (κ1) is 18.4. The first-order valence-electron chi connectivity index (χ1n) is 7.52. The summed E-state index contributed by atoms with van der Waals surface area (Å²) >= 11 is 0. The van der Waals surface area contributed by atoms with Gasteiger partial charge in [0.05, 0.1) is 13.2 Å². The number of hydrogen-bond acceptors (Lipinski definition) is 6. The van der Waals surface area contributed by atoms with Gasteiger partial charge in [-0.05, 0) is 34.0 Å². The highest BCUT2D eigenvalue weighted by atomic mass is 16.5. The van der Waals surface area contributed by atoms with Crippen molar-refractivity contribution in [1.29, 1.82) is 0 Å². The molecule has 1 rings (SSSR count). The molecule has 0 saturated carbocycles. The van der Waals surface area contributed by atoms with E-state index < -0.39 is 0 Å². The molecule has 0 aromatic carbocycles. The summed E-state index contributed by atoms with van der Waals surface area (Å²) in [4.78, 5) is 12.6. The zero-order valence-electron chi connectivity index (χ0n) is 14.2. The van der Waals surface area contributed by atoms with E-state index >= 15 is 0 Å². The third-order valence-electron chi connectivity index (χ3n) is 3.25. The molecule has 1 unspecified atom stereocenters. The summed E-state index contributed by atoms with van der Waals surface area (Å²) in [5, 5.41) is 0. The van der Waals surface area contributed by atoms with Crippen molar-refractivity contribution < 1.29 is 9.47 Å². The Labute approximate surface area is 133 Å². The number of methoxy groups -OCH3 is 1. The Morgan fingerprint density at radius 1 is 1.23 bits per heavy atom. The quantitative estimate of drug-likeness (QED) is 0.580. The summed E-state index contributed by atoms with van der Waals surface area (Å²) in [7, 11) is 7.84. The van der Waals surface area contributed by atoms with Crippen molar-refractivity contribution in [2.45, 2.75) is 18.9 Å². The largest absolute Gasteiger partial charge is 0.481 e. The summed E-state index contributed by atoms with van der Waals surface area (Å²) in [6.45, 7) is 6.64. The lowest BCUT2D eigenvalue weighted by molar-refractivity contribution is 0.130. The van der Waals surface area contributed by atoms with Crippen molar-refractivity contribution in [3.8, 4) is 11.8 Å². The van der Waals surface area contributed by atoms with Crippen LogP contribution < -0.4 is 9.47 Å². The SMILES string of the molecule is C=CCCC(CN(C)CCN(C)C)Oc1cc(OC)ncn1. The lowest BCUT2D eigenvalue weighted by Gasteiger charge is -2.25. The summed E-state index contributed by atoms with van der Waals surface area (Å²) in [6.07, 6.45) is 5.24. The lowest BCUT2D eigenvalue weighted by atomic mass is 10.2. The summed E-state index contributed by atoms with van der Waals surface area (Å²) < 4.78 is 11.1. The molecule has 6 nitrogen and oxygen atoms in total. The van der Waals surface area contributed by atoms with Crippen LogP contribution in [-0.4, -0.2) is 73.8 Å². The maximum Gasteiger partial charge on any atom is 0.220 e. The van der Waals surface area contributed by atoms with Crippen LogP contribution in [0.15, 0.2) is 25.0 Å². The first-order valence-corrected chi connectivity index (χ1v) is 7.52. The Bertz CT molecular complexity index is 440. The normalized spacial score (nSPS) is 12.5. The van der Waals surface area contributed by atoms with Crippen molar-refractivity contribution in [3.63, 3.8) is 0 Å². The van der Waals surface area contributed by atoms with E-state index in [1.54, 1.807) is 13.2 Å². The number of ether oxygens (including phenoxy) is 2. The first-order chi connectivity index (χ1) is 10.5. The second kappa shape index (κ2) is 10.1. The van der Waals surface area contributed by atoms with Gasteiger partial charge in [-0.15, -0.1) is 6.58 Å². The average Bonchev–Trinajstić information content (AvgIpc) is 2.50. The summed E-state index contributed by atoms with van der Waals surface area (Å²) in [5.41, 5.74) is 0. The molecule has 1 heterocycles. The lowest BCUT2D eigenvalue weighted by Crippen LogP contribution is -2.37. The highest BCUT2D eigenvalue weighted by Crippen LogP contribution is 2.16. The molecule has 22 heavy (non-hydrogen) atoms. The second-order valence-corrected chi connectivity index (χ2v) is 5.57. The van der Waals surface area contributed by atoms with Gasteiger partial charge in [-0.3, -0.25) is 0 Å². The number of likely N-dealkylation sites (N-methyl/N-ethyl adjacent to an activating group) is 2. The van der Waals surface area contributed by atoms with E-state index in [0.29, 0.717) is 11.8 Å². The van der Waals surface area contributed by atoms with Gasteiger partial charge < -0.3 is 19.3 Å². The topological polar surface area (TPSA) is 50.7 Å². The number of aromatic nitrogens is 2. The van der Waals surface area contributed by atoms with Gasteiger partial charge in [-0.25, -0.2) is 9.97 Å². The zero-order chi connectivity index (χ0) is 16.4. The Balaban J connectivity index is 2.60. The molecule has 6 heteroatoms. The molecule has 0 amide bonds. The predicted molar refractivity (Wildman–Crippen MR) is 88.5 cm³/mol. The Morgan fingerprint density at radius 2 is 1.95 bits per heavy atom. The van der Waals surface area contributed by atoms with Gasteiger partial charge in [0, 0.05) is 19.6 Å². The molecule has 0 N–H and O–H groups in total. The zero-order valence-corrected chi connectivity index (χ0v) is 14.2. The van der Waals surface area contributed by atoms with Crippen LogP contribution in [-0.2, 0) is 0 Å². The van der Waals surface area contributed by atoms with E-state index in [1.165, 1.54) is 6.33 Å². The molecule has 0 radical (unpaired) electrons. The second-order valence-electron chi connectivity index (χ2n) is 5.57. The summed E-state index contributed by atoms with van der Waals surface area (Å²) in [6, 6.07) is 1.71. The van der Waals surface area contributed by atoms with E-state index in [-0.39, 0.29) is 6.10 Å². The molecule has 0 fully saturated rings. The predicted octanol–water partition coefficient (Wildman–Crippen LogP) is 1.69. The molecule has 0 saturated heterocycles. The van der Waals surface area contributed by atoms with Crippen molar-refractivity contribution in [3.05, 3.63) is 25.0 Å². The number of rotatable bonds is 11. The third-order valence-corrected chi connectivity index (χ3v) is 3.25. The molecule has 1 aromatic heterocycles. The molecule has 0 aliphatic carbocycles. The standard InChI is InChI=1S/C16H28N4O2/c1-6-7-8-14(12-20(4)10-9-19(2)3)22-16-11-15(21-5)17-13-18-16/h6,11,13-14H,1,7-10,12H2,2-5H3. The van der Waals surface area contributed by atoms with Crippen LogP contribution in [0.1, 0.15) is 12.8 Å². The molecule has 1 aromatic rings. The highest BCUT2D eigenvalue weighted by Gasteiger charge is 2.14. The minimum Gasteiger partial charge on any atom is -0.481 e. The fraction of sp³-hybridized carbons (Fsp3) is 0.625. The van der Waals surface area contributed by atoms with Crippen LogP contribution in [0.2, 0.25) is 0 Å². The van der Waals surface area contributed by atoms with Crippen molar-refractivity contribution in [2.24, 2.45) is 0 Å². The average molecular weight is 308 g/mol. The Morgan fingerprint density at radius 3 is 2.59 bits per heavy atom. The maximum atomic E-state index is 6.00. The van der Waals surface area contributed by atoms with Crippen molar-refractivity contribution >= 4 is 0 Å². The van der Waals surface area contributed by atoms with E-state index in [0.717, 1.165) is 32.5 Å². The molecule has 0 aliphatic heterocycles. The fourth-order valence-electron chi connectivity index (χ4n) is 1.97. The minimum atomic E-state index is 0.0600. The van der Waals surface area contributed by atoms with Gasteiger partial charge in [0.1, 0.15) is 12.4 Å². The van der Waals surface area contributed by atoms with Crippen molar-refractivity contribution in [1.82, 2.24) is 19.8 Å². The molecule has 124 valence electrons. The molecule has 0 spiro atoms. The smallest absolute Gasteiger partial charge is 0.220 e. The van der Waals surface area contributed by atoms with Gasteiger partial charge in [0.2, 0.25) is 11.8 Å². The monoisotopic (exact) mass is 308 g/mol. The van der Waals surface area contributed by atoms with Gasteiger partial charge in [-0.1, -0.05) is 6.08 Å². The Hall–Kier alpha value is -1.66. The Kier molecular flexibility index (Phi) is 8.47. The summed E-state index contributed by atoms with van der Waals surface area (Å²) in [5.74, 6) is 1.05. The number of nitrogens with zero attached hydrogens (tertiary/aromatic N) is 4. The molecule has 0 bridgehead atoms. The third kappa shape index (κ3) is 7.38. The van der Waals surface area contributed by atoms with E-state index in [2.05, 4.69) is 47.5 Å². The van der Waals surface area contributed by atoms with Crippen LogP contribution >= 0.6 is 0 Å². The van der Waals surface area contributed by atoms with Crippen molar-refractivity contribution in [2.75, 3.05) is 47.9 Å². The van der Waals surface area contributed by atoms with Gasteiger partial charge in [0.15, 0.2) is 0 Å². The van der Waals surface area contributed by atoms with E-state index in [4.69, 9.17) is 9.47 Å². The van der Waals surface area contributed by atoms with E-state index in [1.807, 2.05) is 6.08 Å². The van der Waals surface area contributed by atoms with Crippen LogP contribution in [0.5, 0.6) is 11.8 Å². The molecule has 1 atom stereocenters. The maximum absolute atomic E-state index is 6.00. The van der Waals surface area contributed by atoms with Gasteiger partial charge >= 0.3 is 0 Å². The van der Waals surface area contributed by atoms with Crippen LogP contribution in [0, 0.1) is 0 Å². The number of hydrogen-bond donors (Lipinski definition) is 0. The minimum absolute atomic E-state index is 0.0600. The number of allylic oxidation sites excluding steroid dienone is 1.